The third-order valence-corrected chi connectivity index (χ3v) is 4.58. The van der Waals surface area contributed by atoms with Gasteiger partial charge in [-0.2, -0.15) is 0 Å². The fourth-order valence-corrected chi connectivity index (χ4v) is 3.70. The second-order valence-corrected chi connectivity index (χ2v) is 6.27. The van der Waals surface area contributed by atoms with Crippen LogP contribution in [0.15, 0.2) is 0 Å². The lowest BCUT2D eigenvalue weighted by Crippen LogP contribution is -2.45. The summed E-state index contributed by atoms with van der Waals surface area (Å²) < 4.78 is 5.26. The van der Waals surface area contributed by atoms with E-state index in [1.807, 2.05) is 6.92 Å². The molecule has 0 aliphatic heterocycles. The van der Waals surface area contributed by atoms with Gasteiger partial charge in [0.25, 0.3) is 0 Å². The predicted octanol–water partition coefficient (Wildman–Crippen LogP) is 2.60. The zero-order valence-electron chi connectivity index (χ0n) is 11.9. The SMILES string of the molecule is CCOC(=O)C1C2CCC(C2)C1NCCC(C)C. The molecule has 2 aliphatic carbocycles. The van der Waals surface area contributed by atoms with Gasteiger partial charge < -0.3 is 10.1 Å². The van der Waals surface area contributed by atoms with E-state index in [0.29, 0.717) is 24.5 Å². The molecule has 0 heterocycles. The Kier molecular flexibility index (Phi) is 4.66. The van der Waals surface area contributed by atoms with Gasteiger partial charge in [0.05, 0.1) is 12.5 Å². The molecule has 2 aliphatic rings. The van der Waals surface area contributed by atoms with Gasteiger partial charge in [-0.15, -0.1) is 0 Å². The Morgan fingerprint density at radius 2 is 2.06 bits per heavy atom. The van der Waals surface area contributed by atoms with Gasteiger partial charge in [0, 0.05) is 6.04 Å². The topological polar surface area (TPSA) is 38.3 Å². The summed E-state index contributed by atoms with van der Waals surface area (Å²) in [5.74, 6) is 2.15. The van der Waals surface area contributed by atoms with E-state index in [4.69, 9.17) is 4.74 Å². The first kappa shape index (κ1) is 13.9. The number of fused-ring (bicyclic) bond motifs is 2. The highest BCUT2D eigenvalue weighted by Crippen LogP contribution is 2.48. The van der Waals surface area contributed by atoms with Crippen molar-refractivity contribution in [2.24, 2.45) is 23.7 Å². The maximum atomic E-state index is 12.1. The first-order valence-electron chi connectivity index (χ1n) is 7.53. The van der Waals surface area contributed by atoms with Crippen molar-refractivity contribution >= 4 is 5.97 Å². The van der Waals surface area contributed by atoms with E-state index >= 15 is 0 Å². The van der Waals surface area contributed by atoms with Crippen LogP contribution in [0.3, 0.4) is 0 Å². The van der Waals surface area contributed by atoms with Crippen LogP contribution < -0.4 is 5.32 Å². The van der Waals surface area contributed by atoms with Crippen LogP contribution in [0.5, 0.6) is 0 Å². The van der Waals surface area contributed by atoms with Crippen molar-refractivity contribution in [2.45, 2.75) is 52.5 Å². The molecule has 0 aromatic carbocycles. The lowest BCUT2D eigenvalue weighted by atomic mass is 9.84. The molecule has 0 saturated heterocycles. The Bertz CT molecular complexity index is 290. The normalized spacial score (nSPS) is 34.2. The summed E-state index contributed by atoms with van der Waals surface area (Å²) in [5.41, 5.74) is 0. The summed E-state index contributed by atoms with van der Waals surface area (Å²) in [6, 6.07) is 0.376. The monoisotopic (exact) mass is 253 g/mol. The Morgan fingerprint density at radius 1 is 1.33 bits per heavy atom. The van der Waals surface area contributed by atoms with Crippen LogP contribution in [0.1, 0.15) is 46.5 Å². The van der Waals surface area contributed by atoms with Crippen molar-refractivity contribution in [3.8, 4) is 0 Å². The highest BCUT2D eigenvalue weighted by molar-refractivity contribution is 5.74. The molecule has 104 valence electrons. The number of rotatable bonds is 6. The second kappa shape index (κ2) is 6.05. The Labute approximate surface area is 111 Å². The zero-order valence-corrected chi connectivity index (χ0v) is 11.9. The number of esters is 1. The Morgan fingerprint density at radius 3 is 2.72 bits per heavy atom. The van der Waals surface area contributed by atoms with Crippen LogP contribution in [0, 0.1) is 23.7 Å². The van der Waals surface area contributed by atoms with Crippen LogP contribution in [0.2, 0.25) is 0 Å². The highest BCUT2D eigenvalue weighted by Gasteiger charge is 2.51. The molecule has 2 rings (SSSR count). The average Bonchev–Trinajstić information content (AvgIpc) is 2.89. The van der Waals surface area contributed by atoms with E-state index < -0.39 is 0 Å². The lowest BCUT2D eigenvalue weighted by molar-refractivity contribution is -0.150. The molecule has 0 aromatic heterocycles. The van der Waals surface area contributed by atoms with Gasteiger partial charge in [-0.1, -0.05) is 13.8 Å². The summed E-state index contributed by atoms with van der Waals surface area (Å²) in [5, 5.41) is 3.63. The fourth-order valence-electron chi connectivity index (χ4n) is 3.70. The predicted molar refractivity (Wildman–Crippen MR) is 72.2 cm³/mol. The van der Waals surface area contributed by atoms with E-state index in [9.17, 15) is 4.79 Å². The van der Waals surface area contributed by atoms with E-state index in [0.717, 1.165) is 12.5 Å². The van der Waals surface area contributed by atoms with Gasteiger partial charge in [0.15, 0.2) is 0 Å². The summed E-state index contributed by atoms with van der Waals surface area (Å²) in [6.45, 7) is 7.91. The third-order valence-electron chi connectivity index (χ3n) is 4.58. The molecule has 3 heteroatoms. The third kappa shape index (κ3) is 2.87. The van der Waals surface area contributed by atoms with E-state index in [1.54, 1.807) is 0 Å². The number of carbonyl (C=O) groups is 1. The standard InChI is InChI=1S/C15H27NO2/c1-4-18-15(17)13-11-5-6-12(9-11)14(13)16-8-7-10(2)3/h10-14,16H,4-9H2,1-3H3. The largest absolute Gasteiger partial charge is 0.466 e. The number of hydrogen-bond donors (Lipinski definition) is 1. The van der Waals surface area contributed by atoms with Crippen molar-refractivity contribution in [1.82, 2.24) is 5.32 Å². The first-order valence-corrected chi connectivity index (χ1v) is 7.53. The molecule has 2 saturated carbocycles. The Balaban J connectivity index is 1.91. The van der Waals surface area contributed by atoms with Gasteiger partial charge in [0.2, 0.25) is 0 Å². The number of carbonyl (C=O) groups excluding carboxylic acids is 1. The quantitative estimate of drug-likeness (QED) is 0.739. The van der Waals surface area contributed by atoms with Crippen LogP contribution in [-0.4, -0.2) is 25.2 Å². The lowest BCUT2D eigenvalue weighted by Gasteiger charge is -2.30. The molecule has 0 radical (unpaired) electrons. The van der Waals surface area contributed by atoms with Crippen molar-refractivity contribution in [3.63, 3.8) is 0 Å². The van der Waals surface area contributed by atoms with Gasteiger partial charge >= 0.3 is 5.97 Å². The van der Waals surface area contributed by atoms with Crippen LogP contribution >= 0.6 is 0 Å². The van der Waals surface area contributed by atoms with Crippen LogP contribution in [-0.2, 0) is 9.53 Å². The molecule has 2 fully saturated rings. The first-order chi connectivity index (χ1) is 8.63. The summed E-state index contributed by atoms with van der Waals surface area (Å²) in [7, 11) is 0. The minimum absolute atomic E-state index is 0.0340. The van der Waals surface area contributed by atoms with E-state index in [1.165, 1.54) is 25.7 Å². The average molecular weight is 253 g/mol. The number of hydrogen-bond acceptors (Lipinski definition) is 3. The molecule has 0 aromatic rings. The van der Waals surface area contributed by atoms with Gasteiger partial charge in [-0.3, -0.25) is 4.79 Å². The number of nitrogens with one attached hydrogen (secondary N) is 1. The van der Waals surface area contributed by atoms with Crippen LogP contribution in [0.4, 0.5) is 0 Å². The van der Waals surface area contributed by atoms with Crippen molar-refractivity contribution in [2.75, 3.05) is 13.2 Å². The molecule has 0 amide bonds. The van der Waals surface area contributed by atoms with Gasteiger partial charge in [-0.25, -0.2) is 0 Å². The van der Waals surface area contributed by atoms with Crippen LogP contribution in [0.25, 0.3) is 0 Å². The van der Waals surface area contributed by atoms with E-state index in [2.05, 4.69) is 19.2 Å². The zero-order chi connectivity index (χ0) is 13.1. The molecule has 4 atom stereocenters. The molecule has 2 bridgehead atoms. The van der Waals surface area contributed by atoms with Gasteiger partial charge in [0.1, 0.15) is 0 Å². The van der Waals surface area contributed by atoms with Crippen molar-refractivity contribution in [1.29, 1.82) is 0 Å². The Hall–Kier alpha value is -0.570. The molecule has 0 spiro atoms. The number of ether oxygens (including phenoxy) is 1. The maximum Gasteiger partial charge on any atom is 0.310 e. The molecular formula is C15H27NO2. The minimum atomic E-state index is 0.0340. The second-order valence-electron chi connectivity index (χ2n) is 6.27. The van der Waals surface area contributed by atoms with Crippen molar-refractivity contribution < 1.29 is 9.53 Å². The van der Waals surface area contributed by atoms with Crippen molar-refractivity contribution in [3.05, 3.63) is 0 Å². The molecule has 18 heavy (non-hydrogen) atoms. The minimum Gasteiger partial charge on any atom is -0.466 e. The molecule has 4 unspecified atom stereocenters. The van der Waals surface area contributed by atoms with Gasteiger partial charge in [-0.05, 0) is 56.9 Å². The summed E-state index contributed by atoms with van der Waals surface area (Å²) in [6.07, 6.45) is 4.92. The molecule has 3 nitrogen and oxygen atoms in total. The summed E-state index contributed by atoms with van der Waals surface area (Å²) in [4.78, 5) is 12.1. The van der Waals surface area contributed by atoms with E-state index in [-0.39, 0.29) is 11.9 Å². The summed E-state index contributed by atoms with van der Waals surface area (Å²) >= 11 is 0. The highest BCUT2D eigenvalue weighted by atomic mass is 16.5. The molecular weight excluding hydrogens is 226 g/mol. The smallest absolute Gasteiger partial charge is 0.310 e. The molecule has 1 N–H and O–H groups in total. The maximum absolute atomic E-state index is 12.1. The fraction of sp³-hybridized carbons (Fsp3) is 0.933.